The molecular formula is C59H44N2O3PS2. The minimum absolute atomic E-state index is 0.185. The summed E-state index contributed by atoms with van der Waals surface area (Å²) in [7, 11) is -1.81. The Morgan fingerprint density at radius 1 is 0.463 bits per heavy atom. The van der Waals surface area contributed by atoms with Gasteiger partial charge in [-0.3, -0.25) is 0 Å². The van der Waals surface area contributed by atoms with Crippen molar-refractivity contribution < 1.29 is 14.4 Å². The fraction of sp³-hybridized carbons (Fsp3) is 0.0339. The molecule has 1 aliphatic rings. The van der Waals surface area contributed by atoms with E-state index in [0.29, 0.717) is 5.75 Å². The molecule has 0 unspecified atom stereocenters. The Morgan fingerprint density at radius 2 is 0.836 bits per heavy atom. The first-order valence-corrected chi connectivity index (χ1v) is 25.5. The molecule has 0 saturated heterocycles. The summed E-state index contributed by atoms with van der Waals surface area (Å²) in [6, 6.07) is 78.9. The van der Waals surface area contributed by atoms with Gasteiger partial charge in [0.05, 0.1) is 19.6 Å². The minimum Gasteiger partial charge on any atom is -0.496 e. The van der Waals surface area contributed by atoms with Crippen molar-refractivity contribution >= 4 is 79.9 Å². The average molecular weight is 924 g/mol. The summed E-state index contributed by atoms with van der Waals surface area (Å²) in [6.45, 7) is -0.185. The highest BCUT2D eigenvalue weighted by atomic mass is 32.1. The molecule has 67 heavy (non-hydrogen) atoms. The van der Waals surface area contributed by atoms with Crippen LogP contribution < -0.4 is 30.5 Å². The lowest BCUT2D eigenvalue weighted by Crippen LogP contribution is -2.34. The third kappa shape index (κ3) is 7.70. The molecule has 2 aromatic heterocycles. The van der Waals surface area contributed by atoms with Gasteiger partial charge in [0.2, 0.25) is 0 Å². The third-order valence-electron chi connectivity index (χ3n) is 12.3. The van der Waals surface area contributed by atoms with E-state index in [2.05, 4.69) is 168 Å². The van der Waals surface area contributed by atoms with Gasteiger partial charge in [-0.05, 0) is 108 Å². The number of ether oxygens (including phenoxy) is 1. The number of benzene rings is 8. The highest BCUT2D eigenvalue weighted by molar-refractivity contribution is 7.86. The normalized spacial score (nSPS) is 12.8. The van der Waals surface area contributed by atoms with Crippen LogP contribution in [0.5, 0.6) is 5.75 Å². The molecule has 0 amide bonds. The Hall–Kier alpha value is -7.25. The summed E-state index contributed by atoms with van der Waals surface area (Å²) in [6.07, 6.45) is 0. The number of anilines is 6. The van der Waals surface area contributed by atoms with Crippen LogP contribution in [-0.2, 0) is 11.2 Å². The first-order chi connectivity index (χ1) is 33.0. The summed E-state index contributed by atoms with van der Waals surface area (Å²) in [5.74, 6) is 1.57. The Kier molecular flexibility index (Phi) is 11.5. The van der Waals surface area contributed by atoms with Crippen molar-refractivity contribution in [2.45, 2.75) is 6.61 Å². The SMILES string of the molecule is COc1cccc(CO)c1[C]1c2sc(-c3ccc(N(c4ccccc4)c4ccccc4)cc3)cc2P(=O)(c2ccccc2)c2cc(-c3ccc(N(c4ccccc4)c4ccccc4)cc3)sc21. The predicted molar refractivity (Wildman–Crippen MR) is 281 cm³/mol. The first-order valence-electron chi connectivity index (χ1n) is 22.1. The van der Waals surface area contributed by atoms with Gasteiger partial charge < -0.3 is 24.2 Å². The molecule has 10 aromatic rings. The number of hydrogen-bond donors (Lipinski definition) is 1. The van der Waals surface area contributed by atoms with E-state index in [1.807, 2.05) is 72.8 Å². The van der Waals surface area contributed by atoms with Gasteiger partial charge in [-0.15, -0.1) is 22.7 Å². The van der Waals surface area contributed by atoms with Crippen molar-refractivity contribution in [3.63, 3.8) is 0 Å². The highest BCUT2D eigenvalue weighted by Gasteiger charge is 2.47. The summed E-state index contributed by atoms with van der Waals surface area (Å²) in [4.78, 5) is 8.34. The van der Waals surface area contributed by atoms with Crippen LogP contribution in [0, 0.1) is 5.92 Å². The predicted octanol–water partition coefficient (Wildman–Crippen LogP) is 14.6. The Bertz CT molecular complexity index is 3070. The molecule has 5 nitrogen and oxygen atoms in total. The molecule has 3 heterocycles. The Balaban J connectivity index is 1.06. The maximum atomic E-state index is 16.7. The maximum absolute atomic E-state index is 16.7. The minimum atomic E-state index is -3.48. The number of hydrogen-bond acceptors (Lipinski definition) is 7. The fourth-order valence-electron chi connectivity index (χ4n) is 9.16. The van der Waals surface area contributed by atoms with Gasteiger partial charge in [0.25, 0.3) is 0 Å². The highest BCUT2D eigenvalue weighted by Crippen LogP contribution is 2.59. The monoisotopic (exact) mass is 923 g/mol. The van der Waals surface area contributed by atoms with Gasteiger partial charge in [0.15, 0.2) is 7.14 Å². The molecule has 325 valence electrons. The molecule has 0 atom stereocenters. The quantitative estimate of drug-likeness (QED) is 0.124. The first kappa shape index (κ1) is 42.4. The van der Waals surface area contributed by atoms with Gasteiger partial charge in [0, 0.05) is 75.1 Å². The molecule has 0 spiro atoms. The maximum Gasteiger partial charge on any atom is 0.173 e. The number of thiophene rings is 2. The summed E-state index contributed by atoms with van der Waals surface area (Å²) < 4.78 is 22.8. The number of aliphatic hydroxyl groups excluding tert-OH is 1. The summed E-state index contributed by atoms with van der Waals surface area (Å²) in [5, 5.41) is 13.3. The molecular weight excluding hydrogens is 880 g/mol. The van der Waals surface area contributed by atoms with Crippen molar-refractivity contribution in [3.05, 3.63) is 257 Å². The van der Waals surface area contributed by atoms with Crippen molar-refractivity contribution in [2.75, 3.05) is 16.9 Å². The van der Waals surface area contributed by atoms with Crippen LogP contribution in [-0.4, -0.2) is 12.2 Å². The van der Waals surface area contributed by atoms with E-state index in [9.17, 15) is 5.11 Å². The number of para-hydroxylation sites is 4. The Morgan fingerprint density at radius 3 is 1.21 bits per heavy atom. The molecule has 0 aliphatic carbocycles. The number of rotatable bonds is 12. The number of aliphatic hydroxyl groups is 1. The van der Waals surface area contributed by atoms with E-state index in [0.717, 1.165) is 97.7 Å². The van der Waals surface area contributed by atoms with Crippen molar-refractivity contribution in [1.82, 2.24) is 0 Å². The van der Waals surface area contributed by atoms with Crippen LogP contribution in [0.15, 0.2) is 231 Å². The second-order valence-electron chi connectivity index (χ2n) is 16.2. The number of fused-ring (bicyclic) bond motifs is 2. The molecule has 0 saturated carbocycles. The van der Waals surface area contributed by atoms with Crippen LogP contribution in [0.1, 0.15) is 20.9 Å². The van der Waals surface area contributed by atoms with Gasteiger partial charge in [0.1, 0.15) is 5.75 Å². The lowest BCUT2D eigenvalue weighted by Gasteiger charge is -2.31. The standard InChI is InChI=1S/C59H44N2O3PS2/c1-64-51-29-17-18-43(40-62)56(51)57-58-52(38-54(66-58)41-30-34-48(35-31-41)60(44-19-7-2-8-20-44)45-21-9-3-10-22-45)65(63,50-27-15-6-16-28-50)53-39-55(67-59(53)57)42-32-36-49(37-33-42)61(46-23-11-4-12-24-46)47-25-13-5-14-26-47/h2-39,62H,40H2,1H3. The van der Waals surface area contributed by atoms with Crippen molar-refractivity contribution in [3.8, 4) is 26.6 Å². The van der Waals surface area contributed by atoms with E-state index in [-0.39, 0.29) is 6.61 Å². The molecule has 8 aromatic carbocycles. The smallest absolute Gasteiger partial charge is 0.173 e. The van der Waals surface area contributed by atoms with E-state index in [1.165, 1.54) is 0 Å². The van der Waals surface area contributed by atoms with Crippen LogP contribution in [0.2, 0.25) is 0 Å². The van der Waals surface area contributed by atoms with Gasteiger partial charge >= 0.3 is 0 Å². The van der Waals surface area contributed by atoms with E-state index in [1.54, 1.807) is 29.8 Å². The fourth-order valence-corrected chi connectivity index (χ4v) is 15.5. The lowest BCUT2D eigenvalue weighted by molar-refractivity contribution is 0.280. The van der Waals surface area contributed by atoms with Crippen LogP contribution >= 0.6 is 29.8 Å². The van der Waals surface area contributed by atoms with Crippen LogP contribution in [0.4, 0.5) is 34.1 Å². The zero-order valence-corrected chi connectivity index (χ0v) is 39.1. The van der Waals surface area contributed by atoms with Crippen molar-refractivity contribution in [1.29, 1.82) is 0 Å². The molecule has 1 aliphatic heterocycles. The molecule has 0 fully saturated rings. The molecule has 8 heteroatoms. The molecule has 1 radical (unpaired) electrons. The molecule has 0 bridgehead atoms. The van der Waals surface area contributed by atoms with Crippen LogP contribution in [0.25, 0.3) is 20.9 Å². The summed E-state index contributed by atoms with van der Waals surface area (Å²) >= 11 is 3.29. The van der Waals surface area contributed by atoms with Crippen LogP contribution in [0.3, 0.4) is 0 Å². The topological polar surface area (TPSA) is 53.0 Å². The number of methoxy groups -OCH3 is 1. The van der Waals surface area contributed by atoms with E-state index < -0.39 is 7.14 Å². The Labute approximate surface area is 399 Å². The zero-order valence-electron chi connectivity index (χ0n) is 36.6. The van der Waals surface area contributed by atoms with E-state index in [4.69, 9.17) is 4.74 Å². The van der Waals surface area contributed by atoms with E-state index >= 15 is 4.57 Å². The molecule has 11 rings (SSSR count). The zero-order chi connectivity index (χ0) is 45.3. The molecule has 1 N–H and O–H groups in total. The number of nitrogens with zero attached hydrogens (tertiary/aromatic N) is 2. The lowest BCUT2D eigenvalue weighted by atomic mass is 9.90. The second kappa shape index (κ2) is 18.2. The summed E-state index contributed by atoms with van der Waals surface area (Å²) in [5.41, 5.74) is 9.92. The van der Waals surface area contributed by atoms with Gasteiger partial charge in [-0.2, -0.15) is 0 Å². The average Bonchev–Trinajstić information content (AvgIpc) is 4.06. The largest absolute Gasteiger partial charge is 0.496 e. The van der Waals surface area contributed by atoms with Crippen molar-refractivity contribution in [2.24, 2.45) is 0 Å². The third-order valence-corrected chi connectivity index (χ3v) is 18.1. The van der Waals surface area contributed by atoms with Gasteiger partial charge in [-0.1, -0.05) is 140 Å². The second-order valence-corrected chi connectivity index (χ2v) is 21.0. The van der Waals surface area contributed by atoms with Gasteiger partial charge in [-0.25, -0.2) is 0 Å².